The molecule has 1 fully saturated rings. The lowest BCUT2D eigenvalue weighted by Crippen LogP contribution is -2.48. The van der Waals surface area contributed by atoms with Crippen LogP contribution in [0.5, 0.6) is 0 Å². The van der Waals surface area contributed by atoms with E-state index in [1.807, 2.05) is 0 Å². The molecule has 0 saturated carbocycles. The molecular formula is C19H37I2N. The average molecular weight is 533 g/mol. The summed E-state index contributed by atoms with van der Waals surface area (Å²) >= 11 is 5.39. The molecule has 1 saturated heterocycles. The fourth-order valence-corrected chi connectivity index (χ4v) is 6.89. The van der Waals surface area contributed by atoms with E-state index in [4.69, 9.17) is 0 Å². The van der Waals surface area contributed by atoms with Crippen LogP contribution in [-0.2, 0) is 0 Å². The number of hydrogen-bond acceptors (Lipinski definition) is 1. The molecular weight excluding hydrogens is 496 g/mol. The highest BCUT2D eigenvalue weighted by atomic mass is 127. The van der Waals surface area contributed by atoms with Gasteiger partial charge in [-0.2, -0.15) is 0 Å². The van der Waals surface area contributed by atoms with Gasteiger partial charge in [-0.25, -0.2) is 0 Å². The first kappa shape index (κ1) is 21.5. The Morgan fingerprint density at radius 2 is 1.64 bits per heavy atom. The third-order valence-corrected chi connectivity index (χ3v) is 9.50. The first-order chi connectivity index (χ1) is 10.3. The smallest absolute Gasteiger partial charge is 0.0381 e. The second-order valence-corrected chi connectivity index (χ2v) is 11.3. The highest BCUT2D eigenvalue weighted by Crippen LogP contribution is 2.45. The van der Waals surface area contributed by atoms with Crippen LogP contribution in [0.15, 0.2) is 0 Å². The average Bonchev–Trinajstić information content (AvgIpc) is 2.47. The van der Waals surface area contributed by atoms with Crippen molar-refractivity contribution in [1.29, 1.82) is 0 Å². The van der Waals surface area contributed by atoms with E-state index in [1.165, 1.54) is 62.5 Å². The van der Waals surface area contributed by atoms with Crippen LogP contribution < -0.4 is 0 Å². The van der Waals surface area contributed by atoms with Gasteiger partial charge in [0.25, 0.3) is 0 Å². The molecule has 0 aromatic carbocycles. The van der Waals surface area contributed by atoms with E-state index in [0.717, 1.165) is 11.8 Å². The summed E-state index contributed by atoms with van der Waals surface area (Å²) in [5.74, 6) is 1.84. The lowest BCUT2D eigenvalue weighted by atomic mass is 9.74. The standard InChI is InChI=1S/C19H37I2N/c1-6-16-9-8-12-18(3,14-20)19(4,21)15-22(5)13-17(7-2)11-10-16/h16-17H,6-15H2,1-5H3/t16?,17?,18?,19-/m1/s1. The quantitative estimate of drug-likeness (QED) is 0.293. The summed E-state index contributed by atoms with van der Waals surface area (Å²) < 4.78 is 1.63. The molecule has 1 aliphatic heterocycles. The van der Waals surface area contributed by atoms with Gasteiger partial charge < -0.3 is 4.90 Å². The van der Waals surface area contributed by atoms with Gasteiger partial charge in [0.1, 0.15) is 0 Å². The number of alkyl halides is 2. The maximum Gasteiger partial charge on any atom is 0.0381 e. The Bertz CT molecular complexity index is 319. The van der Waals surface area contributed by atoms with Crippen molar-refractivity contribution >= 4 is 45.2 Å². The number of rotatable bonds is 3. The van der Waals surface area contributed by atoms with Crippen LogP contribution in [0.1, 0.15) is 72.6 Å². The van der Waals surface area contributed by atoms with Crippen LogP contribution in [0.2, 0.25) is 0 Å². The molecule has 0 amide bonds. The van der Waals surface area contributed by atoms with Crippen molar-refractivity contribution in [3.05, 3.63) is 0 Å². The molecule has 0 aliphatic carbocycles. The first-order valence-corrected chi connectivity index (χ1v) is 11.8. The number of hydrogen-bond donors (Lipinski definition) is 0. The predicted octanol–water partition coefficient (Wildman–Crippen LogP) is 6.57. The summed E-state index contributed by atoms with van der Waals surface area (Å²) in [7, 11) is 2.34. The van der Waals surface area contributed by atoms with Crippen LogP contribution in [0.4, 0.5) is 0 Å². The zero-order chi connectivity index (χ0) is 16.8. The van der Waals surface area contributed by atoms with Crippen LogP contribution >= 0.6 is 45.2 Å². The van der Waals surface area contributed by atoms with Gasteiger partial charge in [0, 0.05) is 20.9 Å². The molecule has 3 unspecified atom stereocenters. The molecule has 1 nitrogen and oxygen atoms in total. The van der Waals surface area contributed by atoms with E-state index in [0.29, 0.717) is 8.84 Å². The maximum atomic E-state index is 2.77. The molecule has 0 aromatic heterocycles. The van der Waals surface area contributed by atoms with Gasteiger partial charge in [0.05, 0.1) is 0 Å². The van der Waals surface area contributed by atoms with Crippen molar-refractivity contribution < 1.29 is 0 Å². The highest BCUT2D eigenvalue weighted by Gasteiger charge is 2.42. The molecule has 0 radical (unpaired) electrons. The Labute approximate surface area is 167 Å². The van der Waals surface area contributed by atoms with E-state index in [9.17, 15) is 0 Å². The van der Waals surface area contributed by atoms with Crippen molar-refractivity contribution in [3.8, 4) is 0 Å². The van der Waals surface area contributed by atoms with E-state index in [2.05, 4.69) is 84.8 Å². The van der Waals surface area contributed by atoms with E-state index < -0.39 is 0 Å². The molecule has 0 bridgehead atoms. The monoisotopic (exact) mass is 533 g/mol. The largest absolute Gasteiger partial charge is 0.305 e. The van der Waals surface area contributed by atoms with Gasteiger partial charge in [0.2, 0.25) is 0 Å². The Morgan fingerprint density at radius 1 is 1.05 bits per heavy atom. The predicted molar refractivity (Wildman–Crippen MR) is 118 cm³/mol. The van der Waals surface area contributed by atoms with Crippen molar-refractivity contribution in [1.82, 2.24) is 4.90 Å². The summed E-state index contributed by atoms with van der Waals surface area (Å²) in [6.45, 7) is 12.3. The molecule has 0 N–H and O–H groups in total. The Kier molecular flexibility index (Phi) is 9.55. The molecule has 1 rings (SSSR count). The van der Waals surface area contributed by atoms with Crippen molar-refractivity contribution in [2.45, 2.75) is 76.1 Å². The lowest BCUT2D eigenvalue weighted by molar-refractivity contribution is 0.166. The van der Waals surface area contributed by atoms with E-state index >= 15 is 0 Å². The van der Waals surface area contributed by atoms with Crippen LogP contribution in [0.3, 0.4) is 0 Å². The van der Waals surface area contributed by atoms with Gasteiger partial charge >= 0.3 is 0 Å². The van der Waals surface area contributed by atoms with Crippen molar-refractivity contribution in [3.63, 3.8) is 0 Å². The lowest BCUT2D eigenvalue weighted by Gasteiger charge is -2.45. The normalized spacial score (nSPS) is 40.0. The summed E-state index contributed by atoms with van der Waals surface area (Å²) in [5, 5.41) is 0. The molecule has 3 heteroatoms. The maximum absolute atomic E-state index is 2.77. The zero-order valence-corrected chi connectivity index (χ0v) is 19.7. The van der Waals surface area contributed by atoms with Crippen LogP contribution in [0, 0.1) is 17.3 Å². The fourth-order valence-electron chi connectivity index (χ4n) is 3.90. The van der Waals surface area contributed by atoms with Crippen molar-refractivity contribution in [2.24, 2.45) is 17.3 Å². The van der Waals surface area contributed by atoms with E-state index in [1.54, 1.807) is 0 Å². The molecule has 132 valence electrons. The van der Waals surface area contributed by atoms with Crippen molar-refractivity contribution in [2.75, 3.05) is 24.6 Å². The molecule has 0 aromatic rings. The Hall–Kier alpha value is 1.42. The Morgan fingerprint density at radius 3 is 2.18 bits per heavy atom. The Balaban J connectivity index is 2.91. The summed E-state index contributed by atoms with van der Waals surface area (Å²) in [6, 6.07) is 0. The summed E-state index contributed by atoms with van der Waals surface area (Å²) in [4.78, 5) is 2.62. The van der Waals surface area contributed by atoms with Crippen LogP contribution in [0.25, 0.3) is 0 Å². The molecule has 1 aliphatic rings. The SMILES string of the molecule is CCC1CCCC(C)(CI)[C@](C)(I)CN(C)CC(CC)CC1. The topological polar surface area (TPSA) is 3.24 Å². The minimum Gasteiger partial charge on any atom is -0.305 e. The molecule has 4 atom stereocenters. The third kappa shape index (κ3) is 6.05. The van der Waals surface area contributed by atoms with Gasteiger partial charge in [0.15, 0.2) is 0 Å². The van der Waals surface area contributed by atoms with Gasteiger partial charge in [-0.3, -0.25) is 0 Å². The number of nitrogens with zero attached hydrogens (tertiary/aromatic N) is 1. The fraction of sp³-hybridized carbons (Fsp3) is 1.00. The third-order valence-electron chi connectivity index (χ3n) is 6.17. The second kappa shape index (κ2) is 9.79. The summed E-state index contributed by atoms with van der Waals surface area (Å²) in [6.07, 6.45) is 9.83. The van der Waals surface area contributed by atoms with E-state index in [-0.39, 0.29) is 0 Å². The summed E-state index contributed by atoms with van der Waals surface area (Å²) in [5.41, 5.74) is 0.446. The minimum atomic E-state index is 0.361. The number of halogens is 2. The minimum absolute atomic E-state index is 0.361. The van der Waals surface area contributed by atoms with Gasteiger partial charge in [-0.05, 0) is 44.1 Å². The molecule has 22 heavy (non-hydrogen) atoms. The second-order valence-electron chi connectivity index (χ2n) is 8.11. The highest BCUT2D eigenvalue weighted by molar-refractivity contribution is 14.1. The molecule has 0 spiro atoms. The van der Waals surface area contributed by atoms with Crippen LogP contribution in [-0.4, -0.2) is 32.9 Å². The zero-order valence-electron chi connectivity index (χ0n) is 15.4. The van der Waals surface area contributed by atoms with Gasteiger partial charge in [-0.15, -0.1) is 0 Å². The molecule has 1 heterocycles. The van der Waals surface area contributed by atoms with Gasteiger partial charge in [-0.1, -0.05) is 98.1 Å². The first-order valence-electron chi connectivity index (χ1n) is 9.21.